The number of benzene rings is 1. The third kappa shape index (κ3) is 3.69. The molecule has 1 aromatic rings. The van der Waals surface area contributed by atoms with Gasteiger partial charge < -0.3 is 9.53 Å². The monoisotopic (exact) mass is 220 g/mol. The zero-order valence-electron chi connectivity index (χ0n) is 10.5. The molecule has 1 aromatic carbocycles. The fourth-order valence-corrected chi connectivity index (χ4v) is 1.31. The summed E-state index contributed by atoms with van der Waals surface area (Å²) in [5.74, 6) is 0.746. The molecule has 0 N–H and O–H groups in total. The maximum absolute atomic E-state index is 10.9. The summed E-state index contributed by atoms with van der Waals surface area (Å²) in [5.41, 5.74) is 1.15. The van der Waals surface area contributed by atoms with Gasteiger partial charge in [0.1, 0.15) is 12.0 Å². The predicted octanol–water partition coefficient (Wildman–Crippen LogP) is 3.24. The van der Waals surface area contributed by atoms with E-state index in [0.29, 0.717) is 6.61 Å². The van der Waals surface area contributed by atoms with Crippen molar-refractivity contribution in [2.24, 2.45) is 11.3 Å². The Labute approximate surface area is 97.6 Å². The van der Waals surface area contributed by atoms with Gasteiger partial charge in [0.2, 0.25) is 0 Å². The molecule has 1 atom stereocenters. The number of aryl methyl sites for hydroxylation is 1. The van der Waals surface area contributed by atoms with Crippen molar-refractivity contribution in [3.63, 3.8) is 0 Å². The van der Waals surface area contributed by atoms with E-state index in [9.17, 15) is 4.79 Å². The summed E-state index contributed by atoms with van der Waals surface area (Å²) >= 11 is 0. The van der Waals surface area contributed by atoms with E-state index in [1.54, 1.807) is 0 Å². The number of rotatable bonds is 4. The van der Waals surface area contributed by atoms with E-state index in [1.165, 1.54) is 5.56 Å². The number of aldehydes is 1. The quantitative estimate of drug-likeness (QED) is 0.728. The van der Waals surface area contributed by atoms with Crippen LogP contribution in [-0.4, -0.2) is 12.9 Å². The molecule has 0 aliphatic rings. The van der Waals surface area contributed by atoms with Crippen LogP contribution in [0.4, 0.5) is 0 Å². The second-order valence-corrected chi connectivity index (χ2v) is 5.23. The summed E-state index contributed by atoms with van der Waals surface area (Å²) < 4.78 is 5.61. The lowest BCUT2D eigenvalue weighted by Gasteiger charge is -2.25. The maximum Gasteiger partial charge on any atom is 0.127 e. The van der Waals surface area contributed by atoms with E-state index >= 15 is 0 Å². The van der Waals surface area contributed by atoms with Crippen molar-refractivity contribution in [2.45, 2.75) is 27.7 Å². The number of hydrogen-bond donors (Lipinski definition) is 0. The first-order chi connectivity index (χ1) is 7.43. The Morgan fingerprint density at radius 3 is 2.25 bits per heavy atom. The van der Waals surface area contributed by atoms with Crippen LogP contribution < -0.4 is 4.74 Å². The molecule has 0 aliphatic heterocycles. The first kappa shape index (κ1) is 12.8. The van der Waals surface area contributed by atoms with Gasteiger partial charge >= 0.3 is 0 Å². The molecule has 0 saturated heterocycles. The van der Waals surface area contributed by atoms with Crippen LogP contribution in [0.25, 0.3) is 0 Å². The molecule has 0 bridgehead atoms. The lowest BCUT2D eigenvalue weighted by Crippen LogP contribution is -2.27. The van der Waals surface area contributed by atoms with Crippen LogP contribution in [0.15, 0.2) is 24.3 Å². The molecule has 1 unspecified atom stereocenters. The van der Waals surface area contributed by atoms with Crippen LogP contribution in [0, 0.1) is 18.3 Å². The first-order valence-corrected chi connectivity index (χ1v) is 5.58. The van der Waals surface area contributed by atoms with E-state index < -0.39 is 0 Å². The smallest absolute Gasteiger partial charge is 0.127 e. The van der Waals surface area contributed by atoms with E-state index in [-0.39, 0.29) is 11.3 Å². The van der Waals surface area contributed by atoms with E-state index in [2.05, 4.69) is 0 Å². The molecular weight excluding hydrogens is 200 g/mol. The average Bonchev–Trinajstić information content (AvgIpc) is 2.19. The van der Waals surface area contributed by atoms with Crippen molar-refractivity contribution in [3.8, 4) is 5.75 Å². The molecule has 88 valence electrons. The van der Waals surface area contributed by atoms with Crippen LogP contribution in [0.5, 0.6) is 5.75 Å². The average molecular weight is 220 g/mol. The molecule has 0 amide bonds. The fraction of sp³-hybridized carbons (Fsp3) is 0.500. The third-order valence-electron chi connectivity index (χ3n) is 2.73. The number of ether oxygens (including phenoxy) is 1. The van der Waals surface area contributed by atoms with Gasteiger partial charge in [-0.25, -0.2) is 0 Å². The van der Waals surface area contributed by atoms with Gasteiger partial charge in [-0.1, -0.05) is 38.5 Å². The topological polar surface area (TPSA) is 26.3 Å². The Kier molecular flexibility index (Phi) is 4.11. The normalized spacial score (nSPS) is 13.2. The second-order valence-electron chi connectivity index (χ2n) is 5.23. The minimum Gasteiger partial charge on any atom is -0.493 e. The highest BCUT2D eigenvalue weighted by atomic mass is 16.5. The van der Waals surface area contributed by atoms with Crippen molar-refractivity contribution in [1.82, 2.24) is 0 Å². The highest BCUT2D eigenvalue weighted by Gasteiger charge is 2.24. The molecule has 0 radical (unpaired) electrons. The summed E-state index contributed by atoms with van der Waals surface area (Å²) in [7, 11) is 0. The lowest BCUT2D eigenvalue weighted by atomic mass is 9.82. The highest BCUT2D eigenvalue weighted by molar-refractivity contribution is 5.55. The zero-order valence-corrected chi connectivity index (χ0v) is 10.5. The predicted molar refractivity (Wildman–Crippen MR) is 65.7 cm³/mol. The van der Waals surface area contributed by atoms with Crippen LogP contribution in [-0.2, 0) is 4.79 Å². The Bertz CT molecular complexity index is 333. The SMILES string of the molecule is Cc1ccc(OCC(C=O)C(C)(C)C)cc1. The third-order valence-corrected chi connectivity index (χ3v) is 2.73. The van der Waals surface area contributed by atoms with E-state index in [1.807, 2.05) is 52.0 Å². The number of carbonyl (C=O) groups excluding carboxylic acids is 1. The van der Waals surface area contributed by atoms with Crippen LogP contribution in [0.3, 0.4) is 0 Å². The molecule has 2 heteroatoms. The minimum atomic E-state index is -0.0752. The molecule has 0 heterocycles. The Morgan fingerprint density at radius 2 is 1.81 bits per heavy atom. The summed E-state index contributed by atoms with van der Waals surface area (Å²) in [4.78, 5) is 10.9. The first-order valence-electron chi connectivity index (χ1n) is 5.58. The van der Waals surface area contributed by atoms with E-state index in [0.717, 1.165) is 12.0 Å². The van der Waals surface area contributed by atoms with Gasteiger partial charge in [-0.2, -0.15) is 0 Å². The highest BCUT2D eigenvalue weighted by Crippen LogP contribution is 2.25. The number of carbonyl (C=O) groups is 1. The van der Waals surface area contributed by atoms with Gasteiger partial charge in [-0.15, -0.1) is 0 Å². The van der Waals surface area contributed by atoms with Gasteiger partial charge in [0.05, 0.1) is 12.5 Å². The second kappa shape index (κ2) is 5.15. The fourth-order valence-electron chi connectivity index (χ4n) is 1.31. The minimum absolute atomic E-state index is 0.0492. The molecule has 0 saturated carbocycles. The number of hydrogen-bond acceptors (Lipinski definition) is 2. The largest absolute Gasteiger partial charge is 0.493 e. The van der Waals surface area contributed by atoms with Crippen LogP contribution in [0.1, 0.15) is 26.3 Å². The van der Waals surface area contributed by atoms with Crippen molar-refractivity contribution in [2.75, 3.05) is 6.61 Å². The van der Waals surface area contributed by atoms with Crippen molar-refractivity contribution in [3.05, 3.63) is 29.8 Å². The molecule has 2 nitrogen and oxygen atoms in total. The Balaban J connectivity index is 2.56. The van der Waals surface area contributed by atoms with E-state index in [4.69, 9.17) is 4.74 Å². The molecule has 0 aromatic heterocycles. The summed E-state index contributed by atoms with van der Waals surface area (Å²) in [6.07, 6.45) is 0.980. The van der Waals surface area contributed by atoms with Crippen molar-refractivity contribution >= 4 is 6.29 Å². The van der Waals surface area contributed by atoms with Gasteiger partial charge in [0.15, 0.2) is 0 Å². The molecular formula is C14H20O2. The summed E-state index contributed by atoms with van der Waals surface area (Å²) in [5, 5.41) is 0. The zero-order chi connectivity index (χ0) is 12.2. The van der Waals surface area contributed by atoms with Crippen molar-refractivity contribution < 1.29 is 9.53 Å². The maximum atomic E-state index is 10.9. The Hall–Kier alpha value is -1.31. The summed E-state index contributed by atoms with van der Waals surface area (Å²) in [6, 6.07) is 7.87. The van der Waals surface area contributed by atoms with Gasteiger partial charge in [-0.3, -0.25) is 0 Å². The van der Waals surface area contributed by atoms with Gasteiger partial charge in [0, 0.05) is 0 Å². The standard InChI is InChI=1S/C14H20O2/c1-11-5-7-13(8-6-11)16-10-12(9-15)14(2,3)4/h5-9,12H,10H2,1-4H3. The van der Waals surface area contributed by atoms with Crippen LogP contribution in [0.2, 0.25) is 0 Å². The molecule has 16 heavy (non-hydrogen) atoms. The molecule has 0 fully saturated rings. The Morgan fingerprint density at radius 1 is 1.25 bits per heavy atom. The molecule has 0 spiro atoms. The molecule has 1 rings (SSSR count). The van der Waals surface area contributed by atoms with Gasteiger partial charge in [-0.05, 0) is 24.5 Å². The lowest BCUT2D eigenvalue weighted by molar-refractivity contribution is -0.115. The van der Waals surface area contributed by atoms with Gasteiger partial charge in [0.25, 0.3) is 0 Å². The summed E-state index contributed by atoms with van der Waals surface area (Å²) in [6.45, 7) is 8.61. The van der Waals surface area contributed by atoms with Crippen LogP contribution >= 0.6 is 0 Å². The van der Waals surface area contributed by atoms with Crippen molar-refractivity contribution in [1.29, 1.82) is 0 Å². The molecule has 0 aliphatic carbocycles.